The highest BCUT2D eigenvalue weighted by Crippen LogP contribution is 2.18. The summed E-state index contributed by atoms with van der Waals surface area (Å²) >= 11 is 0. The Morgan fingerprint density at radius 3 is 2.67 bits per heavy atom. The van der Waals surface area contributed by atoms with Crippen LogP contribution in [-0.2, 0) is 16.0 Å². The lowest BCUT2D eigenvalue weighted by Crippen LogP contribution is -2.41. The Kier molecular flexibility index (Phi) is 7.61. The number of amides is 2. The first kappa shape index (κ1) is 21.6. The Bertz CT molecular complexity index is 916. The number of carbonyl (C=O) groups is 2. The van der Waals surface area contributed by atoms with Gasteiger partial charge in [0.2, 0.25) is 17.6 Å². The van der Waals surface area contributed by atoms with E-state index < -0.39 is 0 Å². The van der Waals surface area contributed by atoms with Crippen molar-refractivity contribution >= 4 is 11.8 Å². The molecule has 30 heavy (non-hydrogen) atoms. The van der Waals surface area contributed by atoms with E-state index in [2.05, 4.69) is 27.3 Å². The van der Waals surface area contributed by atoms with Gasteiger partial charge in [-0.25, -0.2) is 0 Å². The summed E-state index contributed by atoms with van der Waals surface area (Å²) in [7, 11) is 0. The fourth-order valence-electron chi connectivity index (χ4n) is 3.45. The van der Waals surface area contributed by atoms with Crippen LogP contribution in [0.2, 0.25) is 0 Å². The smallest absolute Gasteiger partial charge is 0.298 e. The fourth-order valence-corrected chi connectivity index (χ4v) is 3.45. The number of nitrogens with zero attached hydrogens (tertiary/aromatic N) is 3. The van der Waals surface area contributed by atoms with Crippen molar-refractivity contribution in [2.24, 2.45) is 5.92 Å². The van der Waals surface area contributed by atoms with Crippen LogP contribution in [0.1, 0.15) is 44.1 Å². The first-order chi connectivity index (χ1) is 14.5. The molecule has 1 aliphatic heterocycles. The summed E-state index contributed by atoms with van der Waals surface area (Å²) in [5.41, 5.74) is 2.10. The first-order valence-corrected chi connectivity index (χ1v) is 10.4. The normalized spacial score (nSPS) is 14.1. The fraction of sp³-hybridized carbons (Fsp3) is 0.478. The van der Waals surface area contributed by atoms with Crippen LogP contribution in [0.15, 0.2) is 28.8 Å². The molecule has 0 spiro atoms. The molecule has 3 rings (SSSR count). The highest BCUT2D eigenvalue weighted by atomic mass is 16.5. The predicted molar refractivity (Wildman–Crippen MR) is 113 cm³/mol. The number of aromatic nitrogens is 2. The molecule has 0 saturated carbocycles. The van der Waals surface area contributed by atoms with Crippen molar-refractivity contribution in [3.05, 3.63) is 35.7 Å². The Balaban J connectivity index is 1.33. The molecule has 1 N–H and O–H groups in total. The minimum atomic E-state index is -0.105. The van der Waals surface area contributed by atoms with Gasteiger partial charge in [0.05, 0.1) is 0 Å². The minimum absolute atomic E-state index is 0.0311. The summed E-state index contributed by atoms with van der Waals surface area (Å²) < 4.78 is 5.30. The molecule has 1 saturated heterocycles. The standard InChI is InChI=1S/C23H28N4O3/c1-3-5-22(29)27-14-12-18(13-15-27)16-24-20(28)6-4-7-21-25-23(26-30-21)19-10-8-17(2)9-11-19/h8-11,18H,4,6-7,12-16H2,1-2H3,(H,24,28). The highest BCUT2D eigenvalue weighted by Gasteiger charge is 2.22. The molecule has 2 amide bonds. The molecular formula is C23H28N4O3. The van der Waals surface area contributed by atoms with Gasteiger partial charge in [0.1, 0.15) is 0 Å². The van der Waals surface area contributed by atoms with Crippen LogP contribution < -0.4 is 5.32 Å². The molecule has 1 aromatic heterocycles. The van der Waals surface area contributed by atoms with E-state index in [1.165, 1.54) is 5.56 Å². The van der Waals surface area contributed by atoms with E-state index in [0.29, 0.717) is 56.5 Å². The zero-order valence-corrected chi connectivity index (χ0v) is 17.6. The number of hydrogen-bond acceptors (Lipinski definition) is 5. The first-order valence-electron chi connectivity index (χ1n) is 10.4. The predicted octanol–water partition coefficient (Wildman–Crippen LogP) is 2.75. The average molecular weight is 409 g/mol. The molecule has 158 valence electrons. The van der Waals surface area contributed by atoms with E-state index in [-0.39, 0.29) is 11.8 Å². The molecule has 0 unspecified atom stereocenters. The van der Waals surface area contributed by atoms with E-state index in [4.69, 9.17) is 4.52 Å². The molecule has 0 radical (unpaired) electrons. The van der Waals surface area contributed by atoms with Gasteiger partial charge in [0.15, 0.2) is 0 Å². The topological polar surface area (TPSA) is 88.3 Å². The highest BCUT2D eigenvalue weighted by molar-refractivity contribution is 5.93. The van der Waals surface area contributed by atoms with Crippen LogP contribution >= 0.6 is 0 Å². The van der Waals surface area contributed by atoms with Crippen LogP contribution in [0.4, 0.5) is 0 Å². The maximum atomic E-state index is 12.1. The quantitative estimate of drug-likeness (QED) is 0.712. The number of carbonyl (C=O) groups excluding carboxylic acids is 2. The lowest BCUT2D eigenvalue weighted by atomic mass is 9.96. The van der Waals surface area contributed by atoms with Gasteiger partial charge < -0.3 is 14.7 Å². The summed E-state index contributed by atoms with van der Waals surface area (Å²) in [6.07, 6.45) is 3.43. The zero-order chi connectivity index (χ0) is 21.3. The number of likely N-dealkylation sites (tertiary alicyclic amines) is 1. The summed E-state index contributed by atoms with van der Waals surface area (Å²) in [6.45, 7) is 5.76. The van der Waals surface area contributed by atoms with E-state index in [1.54, 1.807) is 11.8 Å². The van der Waals surface area contributed by atoms with Gasteiger partial charge in [-0.05, 0) is 44.9 Å². The van der Waals surface area contributed by atoms with E-state index >= 15 is 0 Å². The van der Waals surface area contributed by atoms with Gasteiger partial charge in [0, 0.05) is 38.0 Å². The number of nitrogens with one attached hydrogen (secondary N) is 1. The van der Waals surface area contributed by atoms with Gasteiger partial charge in [0.25, 0.3) is 5.91 Å². The van der Waals surface area contributed by atoms with Crippen LogP contribution in [0, 0.1) is 24.7 Å². The minimum Gasteiger partial charge on any atom is -0.356 e. The van der Waals surface area contributed by atoms with Crippen molar-refractivity contribution < 1.29 is 14.1 Å². The van der Waals surface area contributed by atoms with Gasteiger partial charge in [-0.1, -0.05) is 40.9 Å². The number of hydrogen-bond donors (Lipinski definition) is 1. The molecule has 7 nitrogen and oxygen atoms in total. The molecule has 0 atom stereocenters. The van der Waals surface area contributed by atoms with Crippen molar-refractivity contribution in [2.45, 2.75) is 46.0 Å². The molecule has 1 fully saturated rings. The van der Waals surface area contributed by atoms with E-state index in [0.717, 1.165) is 18.4 Å². The summed E-state index contributed by atoms with van der Waals surface area (Å²) in [4.78, 5) is 30.1. The third kappa shape index (κ3) is 6.18. The Morgan fingerprint density at radius 2 is 1.97 bits per heavy atom. The summed E-state index contributed by atoms with van der Waals surface area (Å²) in [6, 6.07) is 7.96. The average Bonchev–Trinajstić information content (AvgIpc) is 3.22. The molecule has 2 aromatic rings. The number of piperidine rings is 1. The molecule has 1 aromatic carbocycles. The zero-order valence-electron chi connectivity index (χ0n) is 17.6. The van der Waals surface area contributed by atoms with Gasteiger partial charge in [-0.15, -0.1) is 0 Å². The van der Waals surface area contributed by atoms with Gasteiger partial charge in [-0.2, -0.15) is 4.98 Å². The van der Waals surface area contributed by atoms with Crippen LogP contribution in [0.3, 0.4) is 0 Å². The van der Waals surface area contributed by atoms with Crippen LogP contribution in [0.5, 0.6) is 0 Å². The van der Waals surface area contributed by atoms with Crippen molar-refractivity contribution in [3.8, 4) is 23.2 Å². The second kappa shape index (κ2) is 10.6. The Hall–Kier alpha value is -3.14. The maximum absolute atomic E-state index is 12.1. The Morgan fingerprint density at radius 1 is 1.23 bits per heavy atom. The lowest BCUT2D eigenvalue weighted by molar-refractivity contribution is -0.127. The van der Waals surface area contributed by atoms with Crippen LogP contribution in [-0.4, -0.2) is 46.5 Å². The van der Waals surface area contributed by atoms with E-state index in [1.807, 2.05) is 31.2 Å². The second-order valence-electron chi connectivity index (χ2n) is 7.65. The van der Waals surface area contributed by atoms with Crippen molar-refractivity contribution in [1.82, 2.24) is 20.4 Å². The summed E-state index contributed by atoms with van der Waals surface area (Å²) in [5, 5.41) is 7.03. The molecular weight excluding hydrogens is 380 g/mol. The largest absolute Gasteiger partial charge is 0.356 e. The maximum Gasteiger partial charge on any atom is 0.298 e. The van der Waals surface area contributed by atoms with Crippen LogP contribution in [0.25, 0.3) is 11.4 Å². The molecule has 2 heterocycles. The van der Waals surface area contributed by atoms with Crippen molar-refractivity contribution in [2.75, 3.05) is 19.6 Å². The van der Waals surface area contributed by atoms with Gasteiger partial charge in [-0.3, -0.25) is 9.59 Å². The SMILES string of the molecule is CC#CC(=O)N1CCC(CNC(=O)CCCc2nc(-c3ccc(C)cc3)no2)CC1. The molecule has 0 aliphatic carbocycles. The molecule has 1 aliphatic rings. The number of aryl methyl sites for hydroxylation is 2. The van der Waals surface area contributed by atoms with Gasteiger partial charge >= 0.3 is 0 Å². The van der Waals surface area contributed by atoms with Crippen molar-refractivity contribution in [3.63, 3.8) is 0 Å². The van der Waals surface area contributed by atoms with Crippen molar-refractivity contribution in [1.29, 1.82) is 0 Å². The Labute approximate surface area is 177 Å². The third-order valence-corrected chi connectivity index (χ3v) is 5.29. The molecule has 0 bridgehead atoms. The second-order valence-corrected chi connectivity index (χ2v) is 7.65. The van der Waals surface area contributed by atoms with E-state index in [9.17, 15) is 9.59 Å². The molecule has 7 heteroatoms. The summed E-state index contributed by atoms with van der Waals surface area (Å²) in [5.74, 6) is 6.68. The third-order valence-electron chi connectivity index (χ3n) is 5.29. The monoisotopic (exact) mass is 408 g/mol. The lowest BCUT2D eigenvalue weighted by Gasteiger charge is -2.30. The number of rotatable bonds is 7. The number of benzene rings is 1.